The molecule has 1 aliphatic rings. The minimum atomic E-state index is -0.972. The third-order valence-electron chi connectivity index (χ3n) is 8.24. The summed E-state index contributed by atoms with van der Waals surface area (Å²) in [4.78, 5) is 55.2. The molecule has 0 atom stereocenters. The Labute approximate surface area is 256 Å². The SMILES string of the molecule is O=C(O)CN1CCN(CCCCCn2c3ccccc3c(=O)c3ccccc32)CCN(CC(=O)O)CCN(CC(=O)O)CC1. The van der Waals surface area contributed by atoms with Gasteiger partial charge in [0.1, 0.15) is 0 Å². The molecule has 2 heterocycles. The molecule has 1 fully saturated rings. The van der Waals surface area contributed by atoms with Crippen molar-refractivity contribution in [3.63, 3.8) is 0 Å². The van der Waals surface area contributed by atoms with Crippen LogP contribution in [0, 0.1) is 0 Å². The second-order valence-electron chi connectivity index (χ2n) is 11.4. The molecule has 2 aromatic carbocycles. The molecule has 1 aliphatic heterocycles. The van der Waals surface area contributed by atoms with Gasteiger partial charge in [0.15, 0.2) is 5.43 Å². The number of carboxylic acid groups (broad SMARTS) is 3. The lowest BCUT2D eigenvalue weighted by Gasteiger charge is -2.33. The van der Waals surface area contributed by atoms with E-state index in [4.69, 9.17) is 0 Å². The number of pyridine rings is 1. The Morgan fingerprint density at radius 3 is 1.30 bits per heavy atom. The molecule has 44 heavy (non-hydrogen) atoms. The van der Waals surface area contributed by atoms with Crippen LogP contribution in [0.4, 0.5) is 0 Å². The number of hydrogen-bond acceptors (Lipinski definition) is 8. The molecule has 0 unspecified atom stereocenters. The van der Waals surface area contributed by atoms with E-state index in [9.17, 15) is 34.5 Å². The Balaban J connectivity index is 1.40. The minimum absolute atomic E-state index is 0.0474. The van der Waals surface area contributed by atoms with Gasteiger partial charge in [0.2, 0.25) is 0 Å². The van der Waals surface area contributed by atoms with Gasteiger partial charge in [-0.05, 0) is 43.7 Å². The number of para-hydroxylation sites is 2. The van der Waals surface area contributed by atoms with Crippen LogP contribution in [0.1, 0.15) is 19.3 Å². The van der Waals surface area contributed by atoms with Crippen LogP contribution in [-0.4, -0.2) is 136 Å². The molecule has 0 amide bonds. The van der Waals surface area contributed by atoms with Crippen LogP contribution in [-0.2, 0) is 20.9 Å². The first-order valence-electron chi connectivity index (χ1n) is 15.3. The van der Waals surface area contributed by atoms with Crippen molar-refractivity contribution in [1.82, 2.24) is 24.2 Å². The first kappa shape index (κ1) is 33.1. The maximum absolute atomic E-state index is 13.0. The number of benzene rings is 2. The van der Waals surface area contributed by atoms with Gasteiger partial charge in [-0.3, -0.25) is 33.9 Å². The molecule has 1 saturated heterocycles. The molecule has 1 aromatic heterocycles. The Kier molecular flexibility index (Phi) is 12.2. The maximum atomic E-state index is 13.0. The standard InChI is InChI=1S/C32H43N5O7/c38-29(39)22-34-16-14-33(15-17-35(23-30(40)41)19-21-36(20-18-34)24-31(42)43)12-6-1-7-13-37-27-10-4-2-8-25(27)32(44)26-9-3-5-11-28(26)37/h2-5,8-11H,1,6-7,12-24H2,(H,38,39)(H,40,41)(H,42,43). The highest BCUT2D eigenvalue weighted by atomic mass is 16.4. The molecular weight excluding hydrogens is 566 g/mol. The third-order valence-corrected chi connectivity index (χ3v) is 8.24. The predicted octanol–water partition coefficient (Wildman–Crippen LogP) is 1.80. The van der Waals surface area contributed by atoms with E-state index >= 15 is 0 Å². The number of rotatable bonds is 12. The van der Waals surface area contributed by atoms with E-state index in [0.717, 1.165) is 43.4 Å². The van der Waals surface area contributed by atoms with Gasteiger partial charge in [0.05, 0.1) is 30.7 Å². The first-order chi connectivity index (χ1) is 21.2. The number of unbranched alkanes of at least 4 members (excludes halogenated alkanes) is 2. The Morgan fingerprint density at radius 1 is 0.523 bits per heavy atom. The Morgan fingerprint density at radius 2 is 0.886 bits per heavy atom. The third kappa shape index (κ3) is 9.58. The molecule has 12 heteroatoms. The van der Waals surface area contributed by atoms with Gasteiger partial charge >= 0.3 is 17.9 Å². The second-order valence-corrected chi connectivity index (χ2v) is 11.4. The van der Waals surface area contributed by atoms with E-state index in [2.05, 4.69) is 9.47 Å². The highest BCUT2D eigenvalue weighted by Gasteiger charge is 2.20. The topological polar surface area (TPSA) is 147 Å². The van der Waals surface area contributed by atoms with Crippen LogP contribution in [0.15, 0.2) is 53.3 Å². The molecule has 0 bridgehead atoms. The van der Waals surface area contributed by atoms with E-state index in [-0.39, 0.29) is 25.1 Å². The van der Waals surface area contributed by atoms with Crippen molar-refractivity contribution >= 4 is 39.7 Å². The van der Waals surface area contributed by atoms with E-state index in [1.54, 1.807) is 4.90 Å². The average Bonchev–Trinajstić information content (AvgIpc) is 2.98. The first-order valence-corrected chi connectivity index (χ1v) is 15.3. The highest BCUT2D eigenvalue weighted by molar-refractivity contribution is 5.93. The molecule has 4 rings (SSSR count). The van der Waals surface area contributed by atoms with Crippen LogP contribution >= 0.6 is 0 Å². The minimum Gasteiger partial charge on any atom is -0.480 e. The molecule has 0 aliphatic carbocycles. The zero-order valence-corrected chi connectivity index (χ0v) is 25.1. The Hall–Kier alpha value is -3.84. The maximum Gasteiger partial charge on any atom is 0.317 e. The number of aryl methyl sites for hydroxylation is 1. The number of nitrogens with zero attached hydrogens (tertiary/aromatic N) is 5. The summed E-state index contributed by atoms with van der Waals surface area (Å²) < 4.78 is 2.23. The molecular formula is C32H43N5O7. The molecule has 238 valence electrons. The summed E-state index contributed by atoms with van der Waals surface area (Å²) in [7, 11) is 0. The summed E-state index contributed by atoms with van der Waals surface area (Å²) in [6, 6.07) is 15.4. The van der Waals surface area contributed by atoms with Crippen molar-refractivity contribution in [2.24, 2.45) is 0 Å². The van der Waals surface area contributed by atoms with Crippen LogP contribution in [0.25, 0.3) is 21.8 Å². The van der Waals surface area contributed by atoms with E-state index in [1.165, 1.54) is 0 Å². The molecule has 0 spiro atoms. The fourth-order valence-electron chi connectivity index (χ4n) is 5.95. The lowest BCUT2D eigenvalue weighted by Crippen LogP contribution is -2.48. The van der Waals surface area contributed by atoms with Crippen molar-refractivity contribution in [3.8, 4) is 0 Å². The van der Waals surface area contributed by atoms with Crippen molar-refractivity contribution in [1.29, 1.82) is 0 Å². The smallest absolute Gasteiger partial charge is 0.317 e. The number of carbonyl (C=O) groups is 3. The number of aliphatic carboxylic acids is 3. The quantitative estimate of drug-likeness (QED) is 0.204. The largest absolute Gasteiger partial charge is 0.480 e. The van der Waals surface area contributed by atoms with Crippen LogP contribution < -0.4 is 5.43 Å². The van der Waals surface area contributed by atoms with Gasteiger partial charge in [-0.25, -0.2) is 0 Å². The summed E-state index contributed by atoms with van der Waals surface area (Å²) >= 11 is 0. The molecule has 0 saturated carbocycles. The van der Waals surface area contributed by atoms with Crippen molar-refractivity contribution in [3.05, 3.63) is 58.8 Å². The summed E-state index contributed by atoms with van der Waals surface area (Å²) in [5.41, 5.74) is 1.91. The average molecular weight is 610 g/mol. The molecule has 12 nitrogen and oxygen atoms in total. The van der Waals surface area contributed by atoms with Crippen LogP contribution in [0.2, 0.25) is 0 Å². The van der Waals surface area contributed by atoms with Crippen molar-refractivity contribution < 1.29 is 29.7 Å². The fourth-order valence-corrected chi connectivity index (χ4v) is 5.95. The lowest BCUT2D eigenvalue weighted by atomic mass is 10.1. The van der Waals surface area contributed by atoms with Gasteiger partial charge in [-0.2, -0.15) is 0 Å². The van der Waals surface area contributed by atoms with Gasteiger partial charge in [-0.1, -0.05) is 30.7 Å². The second kappa shape index (κ2) is 16.3. The summed E-state index contributed by atoms with van der Waals surface area (Å²) in [5, 5.41) is 29.7. The summed E-state index contributed by atoms with van der Waals surface area (Å²) in [6.45, 7) is 5.00. The van der Waals surface area contributed by atoms with E-state index in [1.807, 2.05) is 58.3 Å². The number of aromatic nitrogens is 1. The Bertz CT molecular complexity index is 1400. The van der Waals surface area contributed by atoms with Crippen molar-refractivity contribution in [2.75, 3.05) is 78.5 Å². The highest BCUT2D eigenvalue weighted by Crippen LogP contribution is 2.20. The summed E-state index contributed by atoms with van der Waals surface area (Å²) in [5.74, 6) is -2.83. The summed E-state index contributed by atoms with van der Waals surface area (Å²) in [6.07, 6.45) is 2.79. The predicted molar refractivity (Wildman–Crippen MR) is 168 cm³/mol. The molecule has 0 radical (unpaired) electrons. The number of hydrogen-bond donors (Lipinski definition) is 3. The van der Waals surface area contributed by atoms with Crippen molar-refractivity contribution in [2.45, 2.75) is 25.8 Å². The van der Waals surface area contributed by atoms with Gasteiger partial charge < -0.3 is 24.8 Å². The van der Waals surface area contributed by atoms with Gasteiger partial charge in [0, 0.05) is 69.7 Å². The van der Waals surface area contributed by atoms with Crippen LogP contribution in [0.3, 0.4) is 0 Å². The fraction of sp³-hybridized carbons (Fsp3) is 0.500. The van der Waals surface area contributed by atoms with Gasteiger partial charge in [0.25, 0.3) is 0 Å². The lowest BCUT2D eigenvalue weighted by molar-refractivity contribution is -0.140. The van der Waals surface area contributed by atoms with E-state index < -0.39 is 17.9 Å². The van der Waals surface area contributed by atoms with Gasteiger partial charge in [-0.15, -0.1) is 0 Å². The number of fused-ring (bicyclic) bond motifs is 2. The van der Waals surface area contributed by atoms with Crippen LogP contribution in [0.5, 0.6) is 0 Å². The zero-order valence-electron chi connectivity index (χ0n) is 25.1. The molecule has 3 aromatic rings. The normalized spacial score (nSPS) is 16.9. The number of carboxylic acids is 3. The van der Waals surface area contributed by atoms with E-state index in [0.29, 0.717) is 63.1 Å². The molecule has 3 N–H and O–H groups in total. The monoisotopic (exact) mass is 609 g/mol. The zero-order chi connectivity index (χ0) is 31.5.